The topological polar surface area (TPSA) is 63.7 Å². The van der Waals surface area contributed by atoms with Crippen LogP contribution in [0.2, 0.25) is 0 Å². The Labute approximate surface area is 124 Å². The maximum Gasteiger partial charge on any atom is 0.306 e. The number of carbonyl (C=O) groups is 1. The summed E-state index contributed by atoms with van der Waals surface area (Å²) in [6.45, 7) is 2.42. The van der Waals surface area contributed by atoms with Gasteiger partial charge in [-0.25, -0.2) is 8.42 Å². The molecule has 6 heteroatoms. The first kappa shape index (κ1) is 14.5. The minimum atomic E-state index is -3.52. The lowest BCUT2D eigenvalue weighted by atomic mass is 10.1. The normalized spacial score (nSPS) is 27.0. The van der Waals surface area contributed by atoms with Crippen molar-refractivity contribution in [1.29, 1.82) is 0 Å². The molecule has 0 spiro atoms. The molecule has 0 aliphatic carbocycles. The molecule has 21 heavy (non-hydrogen) atoms. The molecule has 0 bridgehead atoms. The smallest absolute Gasteiger partial charge is 0.306 e. The largest absolute Gasteiger partial charge is 0.461 e. The van der Waals surface area contributed by atoms with Gasteiger partial charge in [0.05, 0.1) is 10.9 Å². The van der Waals surface area contributed by atoms with Gasteiger partial charge in [0.25, 0.3) is 0 Å². The van der Waals surface area contributed by atoms with E-state index in [1.165, 1.54) is 4.31 Å². The van der Waals surface area contributed by atoms with E-state index in [9.17, 15) is 13.2 Å². The lowest BCUT2D eigenvalue weighted by Gasteiger charge is -2.27. The van der Waals surface area contributed by atoms with E-state index in [4.69, 9.17) is 4.74 Å². The summed E-state index contributed by atoms with van der Waals surface area (Å²) in [5.41, 5.74) is 1.02. The fourth-order valence-corrected chi connectivity index (χ4v) is 4.82. The highest BCUT2D eigenvalue weighted by Gasteiger charge is 2.43. The first-order valence-corrected chi connectivity index (χ1v) is 8.70. The van der Waals surface area contributed by atoms with E-state index < -0.39 is 10.0 Å². The first-order chi connectivity index (χ1) is 9.98. The van der Waals surface area contributed by atoms with Crippen molar-refractivity contribution in [1.82, 2.24) is 4.31 Å². The van der Waals surface area contributed by atoms with Crippen LogP contribution >= 0.6 is 0 Å². The number of nitrogens with zero attached hydrogens (tertiary/aromatic N) is 1. The molecule has 0 N–H and O–H groups in total. The van der Waals surface area contributed by atoms with Gasteiger partial charge in [0.2, 0.25) is 10.0 Å². The van der Waals surface area contributed by atoms with Crippen LogP contribution in [0.15, 0.2) is 29.2 Å². The van der Waals surface area contributed by atoms with Crippen LogP contribution in [-0.2, 0) is 19.6 Å². The van der Waals surface area contributed by atoms with Gasteiger partial charge in [0.1, 0.15) is 6.10 Å². The fourth-order valence-electron chi connectivity index (χ4n) is 3.10. The Kier molecular flexibility index (Phi) is 3.75. The summed E-state index contributed by atoms with van der Waals surface area (Å²) >= 11 is 0. The van der Waals surface area contributed by atoms with Crippen LogP contribution in [0.5, 0.6) is 0 Å². The predicted molar refractivity (Wildman–Crippen MR) is 77.2 cm³/mol. The Balaban J connectivity index is 1.87. The Morgan fingerprint density at radius 1 is 1.19 bits per heavy atom. The average molecular weight is 309 g/mol. The second-order valence-corrected chi connectivity index (χ2v) is 7.60. The summed E-state index contributed by atoms with van der Waals surface area (Å²) in [6.07, 6.45) is 2.27. The third-order valence-corrected chi connectivity index (χ3v) is 6.16. The number of carbonyl (C=O) groups excluding carboxylic acids is 1. The summed E-state index contributed by atoms with van der Waals surface area (Å²) in [5.74, 6) is -0.223. The molecule has 2 aliphatic heterocycles. The van der Waals surface area contributed by atoms with E-state index in [1.54, 1.807) is 24.3 Å². The molecule has 0 radical (unpaired) electrons. The van der Waals surface area contributed by atoms with Crippen LogP contribution in [0.1, 0.15) is 31.2 Å². The Morgan fingerprint density at radius 3 is 2.52 bits per heavy atom. The molecule has 1 aromatic carbocycles. The third kappa shape index (κ3) is 2.70. The highest BCUT2D eigenvalue weighted by atomic mass is 32.2. The van der Waals surface area contributed by atoms with Gasteiger partial charge in [-0.15, -0.1) is 0 Å². The Hall–Kier alpha value is -1.40. The number of sulfonamides is 1. The molecule has 2 atom stereocenters. The Morgan fingerprint density at radius 2 is 1.90 bits per heavy atom. The highest BCUT2D eigenvalue weighted by molar-refractivity contribution is 7.89. The zero-order valence-electron chi connectivity index (χ0n) is 12.0. The second-order valence-electron chi connectivity index (χ2n) is 5.71. The lowest BCUT2D eigenvalue weighted by Crippen LogP contribution is -2.42. The summed E-state index contributed by atoms with van der Waals surface area (Å²) in [5, 5.41) is 0. The van der Waals surface area contributed by atoms with E-state index in [-0.39, 0.29) is 18.1 Å². The molecule has 2 aliphatic rings. The van der Waals surface area contributed by atoms with Gasteiger partial charge in [-0.2, -0.15) is 4.31 Å². The zero-order valence-corrected chi connectivity index (χ0v) is 12.8. The van der Waals surface area contributed by atoms with Crippen molar-refractivity contribution in [2.75, 3.05) is 6.54 Å². The van der Waals surface area contributed by atoms with Crippen molar-refractivity contribution < 1.29 is 17.9 Å². The van der Waals surface area contributed by atoms with Crippen molar-refractivity contribution >= 4 is 16.0 Å². The van der Waals surface area contributed by atoms with Crippen molar-refractivity contribution in [3.8, 4) is 0 Å². The van der Waals surface area contributed by atoms with Gasteiger partial charge in [-0.05, 0) is 38.3 Å². The van der Waals surface area contributed by atoms with Gasteiger partial charge in [-0.1, -0.05) is 17.7 Å². The molecular formula is C15H19NO4S. The van der Waals surface area contributed by atoms with Gasteiger partial charge in [0, 0.05) is 13.0 Å². The Bertz CT molecular complexity index is 638. The molecule has 2 fully saturated rings. The van der Waals surface area contributed by atoms with Crippen molar-refractivity contribution in [3.63, 3.8) is 0 Å². The molecule has 2 heterocycles. The molecule has 0 amide bonds. The van der Waals surface area contributed by atoms with E-state index in [1.807, 2.05) is 6.92 Å². The minimum Gasteiger partial charge on any atom is -0.461 e. The summed E-state index contributed by atoms with van der Waals surface area (Å²) in [6, 6.07) is 6.66. The highest BCUT2D eigenvalue weighted by Crippen LogP contribution is 2.32. The maximum absolute atomic E-state index is 12.8. The number of rotatable bonds is 3. The molecule has 1 aromatic rings. The third-order valence-electron chi connectivity index (χ3n) is 4.22. The van der Waals surface area contributed by atoms with Gasteiger partial charge in [0.15, 0.2) is 0 Å². The van der Waals surface area contributed by atoms with E-state index in [0.717, 1.165) is 18.4 Å². The standard InChI is InChI=1S/C15H19NO4S/c1-11-4-6-12(7-5-11)21(18,19)16-10-2-3-13(16)14-8-9-15(17)20-14/h4-7,13-14H,2-3,8-10H2,1H3/t13-,14+/m1/s1. The zero-order chi connectivity index (χ0) is 15.0. The quantitative estimate of drug-likeness (QED) is 0.799. The molecule has 0 unspecified atom stereocenters. The van der Waals surface area contributed by atoms with Crippen LogP contribution in [-0.4, -0.2) is 37.4 Å². The van der Waals surface area contributed by atoms with Crippen LogP contribution < -0.4 is 0 Å². The molecule has 2 saturated heterocycles. The average Bonchev–Trinajstić information content (AvgIpc) is 3.07. The van der Waals surface area contributed by atoms with Gasteiger partial charge >= 0.3 is 5.97 Å². The summed E-state index contributed by atoms with van der Waals surface area (Å²) < 4.78 is 32.4. The lowest BCUT2D eigenvalue weighted by molar-refractivity contribution is -0.142. The van der Waals surface area contributed by atoms with Crippen molar-refractivity contribution in [2.24, 2.45) is 0 Å². The van der Waals surface area contributed by atoms with E-state index >= 15 is 0 Å². The van der Waals surface area contributed by atoms with E-state index in [0.29, 0.717) is 24.3 Å². The number of esters is 1. The van der Waals surface area contributed by atoms with E-state index in [2.05, 4.69) is 0 Å². The molecule has 0 aromatic heterocycles. The van der Waals surface area contributed by atoms with Crippen LogP contribution in [0.4, 0.5) is 0 Å². The van der Waals surface area contributed by atoms with Crippen LogP contribution in [0.25, 0.3) is 0 Å². The molecule has 0 saturated carbocycles. The van der Waals surface area contributed by atoms with Gasteiger partial charge < -0.3 is 4.74 Å². The molecular weight excluding hydrogens is 290 g/mol. The van der Waals surface area contributed by atoms with Crippen molar-refractivity contribution in [3.05, 3.63) is 29.8 Å². The number of hydrogen-bond donors (Lipinski definition) is 0. The van der Waals surface area contributed by atoms with Crippen LogP contribution in [0, 0.1) is 6.92 Å². The minimum absolute atomic E-state index is 0.220. The first-order valence-electron chi connectivity index (χ1n) is 7.26. The number of benzene rings is 1. The molecule has 5 nitrogen and oxygen atoms in total. The second kappa shape index (κ2) is 5.42. The molecule has 3 rings (SSSR count). The summed E-state index contributed by atoms with van der Waals surface area (Å²) in [4.78, 5) is 11.6. The van der Waals surface area contributed by atoms with Gasteiger partial charge in [-0.3, -0.25) is 4.79 Å². The SMILES string of the molecule is Cc1ccc(S(=O)(=O)N2CCC[C@@H]2[C@@H]2CCC(=O)O2)cc1. The van der Waals surface area contributed by atoms with Crippen molar-refractivity contribution in [2.45, 2.75) is 49.6 Å². The molecule has 114 valence electrons. The number of cyclic esters (lactones) is 1. The fraction of sp³-hybridized carbons (Fsp3) is 0.533. The summed E-state index contributed by atoms with van der Waals surface area (Å²) in [7, 11) is -3.52. The number of aryl methyl sites for hydroxylation is 1. The predicted octanol–water partition coefficient (Wildman–Crippen LogP) is 1.85. The monoisotopic (exact) mass is 309 g/mol. The number of ether oxygens (including phenoxy) is 1. The number of hydrogen-bond acceptors (Lipinski definition) is 4. The van der Waals surface area contributed by atoms with Crippen LogP contribution in [0.3, 0.4) is 0 Å². The maximum atomic E-state index is 12.8.